The highest BCUT2D eigenvalue weighted by Gasteiger charge is 2.52. The smallest absolute Gasteiger partial charge is 0.0861 e. The molecule has 0 radical (unpaired) electrons. The first kappa shape index (κ1) is 13.8. The van der Waals surface area contributed by atoms with Crippen LogP contribution in [0.2, 0.25) is 0 Å². The monoisotopic (exact) mass is 250 g/mol. The minimum Gasteiger partial charge on any atom is -0.388 e. The topological polar surface area (TPSA) is 47.3 Å². The standard InChI is InChI=1S/C15H26N2O/c1-13-11-15(18,9-10-17(13)2)14(12-16)7-5-3-4-6-8-14/h13,18H,3-11H2,1-2H3. The second-order valence-electron chi connectivity index (χ2n) is 6.42. The molecule has 0 aromatic heterocycles. The zero-order valence-electron chi connectivity index (χ0n) is 11.8. The van der Waals surface area contributed by atoms with Gasteiger partial charge >= 0.3 is 0 Å². The van der Waals surface area contributed by atoms with Crippen LogP contribution in [-0.2, 0) is 0 Å². The molecule has 2 rings (SSSR count). The lowest BCUT2D eigenvalue weighted by atomic mass is 9.63. The van der Waals surface area contributed by atoms with Crippen LogP contribution < -0.4 is 0 Å². The molecular formula is C15H26N2O. The van der Waals surface area contributed by atoms with Crippen LogP contribution in [-0.4, -0.2) is 35.2 Å². The van der Waals surface area contributed by atoms with Crippen LogP contribution in [0, 0.1) is 16.7 Å². The number of rotatable bonds is 1. The van der Waals surface area contributed by atoms with Gasteiger partial charge < -0.3 is 10.0 Å². The third kappa shape index (κ3) is 2.29. The second kappa shape index (κ2) is 5.19. The van der Waals surface area contributed by atoms with Crippen LogP contribution in [0.3, 0.4) is 0 Å². The summed E-state index contributed by atoms with van der Waals surface area (Å²) in [5.41, 5.74) is -1.25. The minimum atomic E-state index is -0.766. The molecule has 2 atom stereocenters. The largest absolute Gasteiger partial charge is 0.388 e. The second-order valence-corrected chi connectivity index (χ2v) is 6.42. The van der Waals surface area contributed by atoms with Gasteiger partial charge in [0, 0.05) is 12.6 Å². The average Bonchev–Trinajstić information content (AvgIpc) is 2.61. The first-order valence-electron chi connectivity index (χ1n) is 7.37. The summed E-state index contributed by atoms with van der Waals surface area (Å²) in [6, 6.07) is 2.91. The van der Waals surface area contributed by atoms with E-state index in [1.807, 2.05) is 0 Å². The highest BCUT2D eigenvalue weighted by Crippen LogP contribution is 2.49. The van der Waals surface area contributed by atoms with Crippen molar-refractivity contribution in [2.45, 2.75) is 69.9 Å². The molecule has 0 bridgehead atoms. The quantitative estimate of drug-likeness (QED) is 0.728. The van der Waals surface area contributed by atoms with Gasteiger partial charge in [-0.2, -0.15) is 5.26 Å². The van der Waals surface area contributed by atoms with E-state index in [1.54, 1.807) is 0 Å². The van der Waals surface area contributed by atoms with Crippen molar-refractivity contribution >= 4 is 0 Å². The lowest BCUT2D eigenvalue weighted by molar-refractivity contribution is -0.113. The maximum absolute atomic E-state index is 11.1. The Balaban J connectivity index is 2.23. The van der Waals surface area contributed by atoms with E-state index in [0.29, 0.717) is 6.04 Å². The minimum absolute atomic E-state index is 0.372. The van der Waals surface area contributed by atoms with Gasteiger partial charge in [-0.1, -0.05) is 25.7 Å². The summed E-state index contributed by atoms with van der Waals surface area (Å²) < 4.78 is 0. The van der Waals surface area contributed by atoms with E-state index in [-0.39, 0.29) is 0 Å². The van der Waals surface area contributed by atoms with E-state index in [1.165, 1.54) is 12.8 Å². The molecule has 2 unspecified atom stereocenters. The van der Waals surface area contributed by atoms with Crippen LogP contribution in [0.5, 0.6) is 0 Å². The van der Waals surface area contributed by atoms with Gasteiger partial charge in [-0.05, 0) is 39.7 Å². The fourth-order valence-electron chi connectivity index (χ4n) is 3.78. The normalized spacial score (nSPS) is 37.8. The molecule has 0 amide bonds. The molecule has 0 aromatic rings. The number of nitriles is 1. The SMILES string of the molecule is CC1CC(O)(C2(C#N)CCCCCC2)CCN1C. The van der Waals surface area contributed by atoms with Gasteiger partial charge in [0.2, 0.25) is 0 Å². The molecule has 1 saturated carbocycles. The van der Waals surface area contributed by atoms with Crippen molar-refractivity contribution in [1.82, 2.24) is 4.90 Å². The van der Waals surface area contributed by atoms with Gasteiger partial charge in [-0.25, -0.2) is 0 Å². The van der Waals surface area contributed by atoms with E-state index in [4.69, 9.17) is 0 Å². The number of nitrogens with zero attached hydrogens (tertiary/aromatic N) is 2. The summed E-state index contributed by atoms with van der Waals surface area (Å²) in [5.74, 6) is 0. The van der Waals surface area contributed by atoms with Crippen LogP contribution in [0.4, 0.5) is 0 Å². The predicted molar refractivity (Wildman–Crippen MR) is 72.0 cm³/mol. The van der Waals surface area contributed by atoms with Crippen LogP contribution >= 0.6 is 0 Å². The number of likely N-dealkylation sites (tertiary alicyclic amines) is 1. The molecule has 102 valence electrons. The highest BCUT2D eigenvalue weighted by molar-refractivity contribution is 5.14. The van der Waals surface area contributed by atoms with Crippen molar-refractivity contribution in [3.63, 3.8) is 0 Å². The van der Waals surface area contributed by atoms with Gasteiger partial charge in [-0.3, -0.25) is 0 Å². The lowest BCUT2D eigenvalue weighted by Gasteiger charge is -2.49. The first-order chi connectivity index (χ1) is 8.53. The Morgan fingerprint density at radius 3 is 2.28 bits per heavy atom. The number of hydrogen-bond acceptors (Lipinski definition) is 3. The Hall–Kier alpha value is -0.590. The van der Waals surface area contributed by atoms with Gasteiger partial charge in [0.25, 0.3) is 0 Å². The zero-order chi connectivity index (χ0) is 13.2. The number of piperidine rings is 1. The fourth-order valence-corrected chi connectivity index (χ4v) is 3.78. The van der Waals surface area contributed by atoms with Crippen LogP contribution in [0.1, 0.15) is 58.3 Å². The molecule has 18 heavy (non-hydrogen) atoms. The van der Waals surface area contributed by atoms with Gasteiger partial charge in [0.1, 0.15) is 0 Å². The molecule has 1 N–H and O–H groups in total. The fraction of sp³-hybridized carbons (Fsp3) is 0.933. The molecule has 3 nitrogen and oxygen atoms in total. The lowest BCUT2D eigenvalue weighted by Crippen LogP contribution is -2.56. The van der Waals surface area contributed by atoms with Crippen LogP contribution in [0.25, 0.3) is 0 Å². The zero-order valence-corrected chi connectivity index (χ0v) is 11.8. The Bertz CT molecular complexity index is 328. The van der Waals surface area contributed by atoms with Crippen molar-refractivity contribution in [1.29, 1.82) is 5.26 Å². The van der Waals surface area contributed by atoms with Crippen molar-refractivity contribution < 1.29 is 5.11 Å². The van der Waals surface area contributed by atoms with Crippen molar-refractivity contribution in [3.05, 3.63) is 0 Å². The van der Waals surface area contributed by atoms with E-state index in [0.717, 1.165) is 45.1 Å². The molecular weight excluding hydrogens is 224 g/mol. The van der Waals surface area contributed by atoms with Gasteiger partial charge in [0.05, 0.1) is 17.1 Å². The molecule has 0 aromatic carbocycles. The maximum atomic E-state index is 11.1. The Kier molecular flexibility index (Phi) is 3.99. The van der Waals surface area contributed by atoms with E-state index in [9.17, 15) is 10.4 Å². The third-order valence-corrected chi connectivity index (χ3v) is 5.33. The highest BCUT2D eigenvalue weighted by atomic mass is 16.3. The number of hydrogen-bond donors (Lipinski definition) is 1. The van der Waals surface area contributed by atoms with Crippen molar-refractivity contribution in [2.75, 3.05) is 13.6 Å². The third-order valence-electron chi connectivity index (χ3n) is 5.33. The Morgan fingerprint density at radius 2 is 1.78 bits per heavy atom. The summed E-state index contributed by atoms with van der Waals surface area (Å²) >= 11 is 0. The molecule has 0 spiro atoms. The van der Waals surface area contributed by atoms with E-state index in [2.05, 4.69) is 24.9 Å². The average molecular weight is 250 g/mol. The maximum Gasteiger partial charge on any atom is 0.0861 e. The van der Waals surface area contributed by atoms with Crippen molar-refractivity contribution in [3.8, 4) is 6.07 Å². The van der Waals surface area contributed by atoms with Crippen LogP contribution in [0.15, 0.2) is 0 Å². The molecule has 1 aliphatic carbocycles. The Morgan fingerprint density at radius 1 is 1.17 bits per heavy atom. The van der Waals surface area contributed by atoms with E-state index < -0.39 is 11.0 Å². The molecule has 3 heteroatoms. The van der Waals surface area contributed by atoms with Crippen molar-refractivity contribution in [2.24, 2.45) is 5.41 Å². The van der Waals surface area contributed by atoms with E-state index >= 15 is 0 Å². The molecule has 1 saturated heterocycles. The predicted octanol–water partition coefficient (Wildman–Crippen LogP) is 2.70. The summed E-state index contributed by atoms with van der Waals surface area (Å²) in [5, 5.41) is 20.8. The molecule has 1 aliphatic heterocycles. The summed E-state index contributed by atoms with van der Waals surface area (Å²) in [4.78, 5) is 2.29. The molecule has 2 fully saturated rings. The summed E-state index contributed by atoms with van der Waals surface area (Å²) in [6.45, 7) is 3.06. The number of aliphatic hydroxyl groups is 1. The van der Waals surface area contributed by atoms with Gasteiger partial charge in [0.15, 0.2) is 0 Å². The molecule has 2 aliphatic rings. The summed E-state index contributed by atoms with van der Waals surface area (Å²) in [6.07, 6.45) is 7.90. The Labute approximate surface area is 111 Å². The van der Waals surface area contributed by atoms with Gasteiger partial charge in [-0.15, -0.1) is 0 Å². The first-order valence-corrected chi connectivity index (χ1v) is 7.37. The summed E-state index contributed by atoms with van der Waals surface area (Å²) in [7, 11) is 2.11. The molecule has 1 heterocycles.